The number of nitriles is 1. The molecule has 112 valence electrons. The van der Waals surface area contributed by atoms with Crippen LogP contribution in [0.25, 0.3) is 10.6 Å². The van der Waals surface area contributed by atoms with Crippen molar-refractivity contribution in [3.8, 4) is 16.6 Å². The van der Waals surface area contributed by atoms with Crippen molar-refractivity contribution in [3.63, 3.8) is 0 Å². The van der Waals surface area contributed by atoms with Crippen molar-refractivity contribution in [2.24, 2.45) is 0 Å². The highest BCUT2D eigenvalue weighted by Gasteiger charge is 2.27. The Morgan fingerprint density at radius 3 is 2.64 bits per heavy atom. The van der Waals surface area contributed by atoms with Crippen LogP contribution in [0, 0.1) is 11.3 Å². The molecule has 0 saturated heterocycles. The lowest BCUT2D eigenvalue weighted by Gasteiger charge is -2.36. The van der Waals surface area contributed by atoms with E-state index in [2.05, 4.69) is 14.9 Å². The molecule has 1 fully saturated rings. The van der Waals surface area contributed by atoms with Crippen molar-refractivity contribution < 1.29 is 0 Å². The summed E-state index contributed by atoms with van der Waals surface area (Å²) < 4.78 is 0. The highest BCUT2D eigenvalue weighted by Crippen LogP contribution is 2.32. The monoisotopic (exact) mass is 311 g/mol. The molecule has 2 aromatic rings. The first kappa shape index (κ1) is 13.8. The summed E-state index contributed by atoms with van der Waals surface area (Å²) in [7, 11) is 0. The van der Waals surface area contributed by atoms with Gasteiger partial charge in [-0.15, -0.1) is 11.3 Å². The fraction of sp³-hybridized carbons (Fsp3) is 0.500. The fourth-order valence-electron chi connectivity index (χ4n) is 3.12. The Morgan fingerprint density at radius 2 is 1.95 bits per heavy atom. The summed E-state index contributed by atoms with van der Waals surface area (Å²) in [6, 6.07) is 2.76. The van der Waals surface area contributed by atoms with Gasteiger partial charge < -0.3 is 0 Å². The molecule has 0 N–H and O–H groups in total. The Hall–Kier alpha value is -1.84. The molecule has 6 heteroatoms. The fourth-order valence-corrected chi connectivity index (χ4v) is 4.19. The van der Waals surface area contributed by atoms with E-state index in [4.69, 9.17) is 10.2 Å². The van der Waals surface area contributed by atoms with Crippen molar-refractivity contribution in [3.05, 3.63) is 28.8 Å². The molecule has 5 nitrogen and oxygen atoms in total. The van der Waals surface area contributed by atoms with Gasteiger partial charge in [-0.2, -0.15) is 5.26 Å². The van der Waals surface area contributed by atoms with Crippen LogP contribution in [-0.2, 0) is 12.8 Å². The Labute approximate surface area is 133 Å². The van der Waals surface area contributed by atoms with E-state index in [9.17, 15) is 0 Å². The van der Waals surface area contributed by atoms with Crippen LogP contribution in [0.1, 0.15) is 35.7 Å². The number of nitrogens with zero attached hydrogens (tertiary/aromatic N) is 5. The van der Waals surface area contributed by atoms with Gasteiger partial charge in [-0.1, -0.05) is 6.42 Å². The molecule has 0 spiro atoms. The highest BCUT2D eigenvalue weighted by atomic mass is 32.1. The Balaban J connectivity index is 1.53. The molecule has 0 aromatic carbocycles. The predicted octanol–water partition coefficient (Wildman–Crippen LogP) is 2.42. The zero-order valence-corrected chi connectivity index (χ0v) is 13.1. The van der Waals surface area contributed by atoms with E-state index in [0.717, 1.165) is 42.5 Å². The third kappa shape index (κ3) is 2.51. The van der Waals surface area contributed by atoms with E-state index in [0.29, 0.717) is 0 Å². The van der Waals surface area contributed by atoms with Crippen LogP contribution in [0.2, 0.25) is 0 Å². The number of thiazole rings is 1. The van der Waals surface area contributed by atoms with Gasteiger partial charge in [0.15, 0.2) is 0 Å². The van der Waals surface area contributed by atoms with Crippen molar-refractivity contribution in [2.75, 3.05) is 13.1 Å². The normalized spacial score (nSPS) is 19.0. The van der Waals surface area contributed by atoms with Gasteiger partial charge in [0.05, 0.1) is 5.69 Å². The molecule has 2 aliphatic rings. The van der Waals surface area contributed by atoms with E-state index in [1.807, 2.05) is 6.07 Å². The molecule has 1 aliphatic carbocycles. The van der Waals surface area contributed by atoms with E-state index in [-0.39, 0.29) is 5.82 Å². The van der Waals surface area contributed by atoms with Crippen LogP contribution in [-0.4, -0.2) is 39.0 Å². The minimum absolute atomic E-state index is 0.206. The summed E-state index contributed by atoms with van der Waals surface area (Å²) in [6.45, 7) is 2.29. The Morgan fingerprint density at radius 1 is 1.18 bits per heavy atom. The quantitative estimate of drug-likeness (QED) is 0.852. The third-order valence-corrected chi connectivity index (χ3v) is 5.84. The van der Waals surface area contributed by atoms with Crippen LogP contribution in [0.5, 0.6) is 0 Å². The minimum atomic E-state index is 0.206. The molecule has 0 bridgehead atoms. The van der Waals surface area contributed by atoms with Crippen LogP contribution in [0.4, 0.5) is 0 Å². The maximum Gasteiger partial charge on any atom is 0.232 e. The summed E-state index contributed by atoms with van der Waals surface area (Å²) in [6.07, 6.45) is 9.67. The molecule has 0 atom stereocenters. The van der Waals surface area contributed by atoms with E-state index >= 15 is 0 Å². The lowest BCUT2D eigenvalue weighted by Crippen LogP contribution is -2.41. The van der Waals surface area contributed by atoms with Gasteiger partial charge in [-0.25, -0.2) is 15.0 Å². The van der Waals surface area contributed by atoms with Gasteiger partial charge in [-0.3, -0.25) is 4.90 Å². The third-order valence-electron chi connectivity index (χ3n) is 4.63. The van der Waals surface area contributed by atoms with Gasteiger partial charge >= 0.3 is 0 Å². The first-order valence-electron chi connectivity index (χ1n) is 7.78. The number of hydrogen-bond acceptors (Lipinski definition) is 6. The second-order valence-corrected chi connectivity index (χ2v) is 7.00. The Bertz CT molecular complexity index is 686. The summed E-state index contributed by atoms with van der Waals surface area (Å²) in [4.78, 5) is 16.9. The second kappa shape index (κ2) is 5.75. The largest absolute Gasteiger partial charge is 0.300 e. The molecule has 0 amide bonds. The van der Waals surface area contributed by atoms with Gasteiger partial charge in [0.2, 0.25) is 5.82 Å². The molecule has 22 heavy (non-hydrogen) atoms. The lowest BCUT2D eigenvalue weighted by molar-refractivity contribution is 0.133. The average molecular weight is 311 g/mol. The zero-order valence-electron chi connectivity index (χ0n) is 12.3. The zero-order chi connectivity index (χ0) is 14.9. The molecule has 3 heterocycles. The summed E-state index contributed by atoms with van der Waals surface area (Å²) in [5.41, 5.74) is 2.15. The van der Waals surface area contributed by atoms with Crippen LogP contribution in [0.3, 0.4) is 0 Å². The minimum Gasteiger partial charge on any atom is -0.300 e. The number of fused-ring (bicyclic) bond motifs is 1. The number of aromatic nitrogens is 3. The summed E-state index contributed by atoms with van der Waals surface area (Å²) in [5, 5.41) is 9.74. The molecular formula is C16H17N5S. The molecule has 0 unspecified atom stereocenters. The predicted molar refractivity (Wildman–Crippen MR) is 84.5 cm³/mol. The van der Waals surface area contributed by atoms with Crippen LogP contribution in [0.15, 0.2) is 12.4 Å². The smallest absolute Gasteiger partial charge is 0.232 e. The first-order valence-corrected chi connectivity index (χ1v) is 8.60. The second-order valence-electron chi connectivity index (χ2n) is 5.92. The van der Waals surface area contributed by atoms with E-state index in [1.54, 1.807) is 23.7 Å². The van der Waals surface area contributed by atoms with Gasteiger partial charge in [0, 0.05) is 48.4 Å². The lowest BCUT2D eigenvalue weighted by atomic mass is 9.91. The van der Waals surface area contributed by atoms with Crippen molar-refractivity contribution in [2.45, 2.75) is 38.1 Å². The van der Waals surface area contributed by atoms with Crippen molar-refractivity contribution in [1.29, 1.82) is 5.26 Å². The first-order chi connectivity index (χ1) is 10.8. The maximum atomic E-state index is 8.76. The molecule has 1 saturated carbocycles. The van der Waals surface area contributed by atoms with Gasteiger partial charge in [-0.05, 0) is 19.3 Å². The number of rotatable bonds is 2. The Kier molecular flexibility index (Phi) is 3.60. The molecule has 4 rings (SSSR count). The highest BCUT2D eigenvalue weighted by molar-refractivity contribution is 7.15. The standard InChI is InChI=1S/C16H17N5S/c17-8-15-18-9-11(10-19-15)16-20-13-4-6-21(12-2-1-3-12)7-5-14(13)22-16/h9-10,12H,1-7H2. The van der Waals surface area contributed by atoms with Crippen LogP contribution < -0.4 is 0 Å². The van der Waals surface area contributed by atoms with Crippen molar-refractivity contribution in [1.82, 2.24) is 19.9 Å². The van der Waals surface area contributed by atoms with E-state index < -0.39 is 0 Å². The summed E-state index contributed by atoms with van der Waals surface area (Å²) >= 11 is 1.75. The summed E-state index contributed by atoms with van der Waals surface area (Å²) in [5.74, 6) is 0.206. The van der Waals surface area contributed by atoms with Crippen molar-refractivity contribution >= 4 is 11.3 Å². The van der Waals surface area contributed by atoms with E-state index in [1.165, 1.54) is 29.8 Å². The number of hydrogen-bond donors (Lipinski definition) is 0. The SMILES string of the molecule is N#Cc1ncc(-c2nc3c(s2)CCN(C2CCC2)CC3)cn1. The maximum absolute atomic E-state index is 8.76. The molecule has 1 aliphatic heterocycles. The van der Waals surface area contributed by atoms with Gasteiger partial charge in [0.25, 0.3) is 0 Å². The molecular weight excluding hydrogens is 294 g/mol. The van der Waals surface area contributed by atoms with Crippen LogP contribution >= 0.6 is 11.3 Å². The molecule has 2 aromatic heterocycles. The topological polar surface area (TPSA) is 65.7 Å². The van der Waals surface area contributed by atoms with Gasteiger partial charge in [0.1, 0.15) is 11.1 Å². The average Bonchev–Trinajstić information content (AvgIpc) is 2.82. The molecule has 0 radical (unpaired) electrons.